The van der Waals surface area contributed by atoms with Crippen LogP contribution in [0.2, 0.25) is 0 Å². The molecular weight excluding hydrogens is 426 g/mol. The SMILES string of the molecule is COc1cccc(CC(=O)Nc2nnc(NC3CCCC(C(C)c4cncnn4)C3)s2)c1. The van der Waals surface area contributed by atoms with E-state index in [-0.39, 0.29) is 12.3 Å². The fourth-order valence-electron chi connectivity index (χ4n) is 4.16. The van der Waals surface area contributed by atoms with Crippen LogP contribution < -0.4 is 15.4 Å². The molecule has 0 radical (unpaired) electrons. The van der Waals surface area contributed by atoms with Crippen molar-refractivity contribution in [2.75, 3.05) is 17.7 Å². The molecule has 32 heavy (non-hydrogen) atoms. The normalized spacial score (nSPS) is 19.2. The number of anilines is 2. The number of carbonyl (C=O) groups is 1. The lowest BCUT2D eigenvalue weighted by Crippen LogP contribution is -2.29. The molecule has 3 unspecified atom stereocenters. The van der Waals surface area contributed by atoms with E-state index in [1.165, 1.54) is 17.7 Å². The number of methoxy groups -OCH3 is 1. The summed E-state index contributed by atoms with van der Waals surface area (Å²) in [5, 5.41) is 24.0. The first-order valence-corrected chi connectivity index (χ1v) is 11.6. The molecule has 168 valence electrons. The van der Waals surface area contributed by atoms with Crippen molar-refractivity contribution in [2.45, 2.75) is 51.0 Å². The van der Waals surface area contributed by atoms with Gasteiger partial charge in [-0.15, -0.1) is 15.3 Å². The van der Waals surface area contributed by atoms with Gasteiger partial charge in [0.25, 0.3) is 0 Å². The standard InChI is InChI=1S/C22H27N7O2S/c1-14(19-12-23-13-24-27-19)16-6-4-7-17(11-16)25-21-28-29-22(32-21)26-20(30)10-15-5-3-8-18(9-15)31-2/h3,5,8-9,12-14,16-17H,4,6-7,10-11H2,1-2H3,(H,25,28)(H,26,29,30). The molecule has 0 bridgehead atoms. The first kappa shape index (κ1) is 22.1. The molecular formula is C22H27N7O2S. The van der Waals surface area contributed by atoms with Gasteiger partial charge in [0.15, 0.2) is 0 Å². The van der Waals surface area contributed by atoms with Gasteiger partial charge in [-0.25, -0.2) is 4.98 Å². The van der Waals surface area contributed by atoms with E-state index in [4.69, 9.17) is 4.74 Å². The van der Waals surface area contributed by atoms with Crippen LogP contribution in [0.4, 0.5) is 10.3 Å². The number of rotatable bonds is 8. The summed E-state index contributed by atoms with van der Waals surface area (Å²) in [6.45, 7) is 2.19. The molecule has 2 aromatic heterocycles. The molecule has 2 N–H and O–H groups in total. The van der Waals surface area contributed by atoms with Gasteiger partial charge in [0.05, 0.1) is 25.4 Å². The van der Waals surface area contributed by atoms with Gasteiger partial charge in [0.1, 0.15) is 12.1 Å². The maximum absolute atomic E-state index is 12.4. The van der Waals surface area contributed by atoms with Crippen molar-refractivity contribution < 1.29 is 9.53 Å². The van der Waals surface area contributed by atoms with Crippen LogP contribution in [0.15, 0.2) is 36.8 Å². The van der Waals surface area contributed by atoms with E-state index >= 15 is 0 Å². The van der Waals surface area contributed by atoms with Crippen LogP contribution in [0.5, 0.6) is 5.75 Å². The highest BCUT2D eigenvalue weighted by Gasteiger charge is 2.28. The second-order valence-corrected chi connectivity index (χ2v) is 9.06. The lowest BCUT2D eigenvalue weighted by atomic mass is 9.77. The van der Waals surface area contributed by atoms with Gasteiger partial charge in [-0.05, 0) is 42.9 Å². The van der Waals surface area contributed by atoms with Crippen LogP contribution in [0, 0.1) is 5.92 Å². The van der Waals surface area contributed by atoms with Crippen molar-refractivity contribution >= 4 is 27.5 Å². The molecule has 3 atom stereocenters. The molecule has 0 aliphatic heterocycles. The minimum Gasteiger partial charge on any atom is -0.497 e. The summed E-state index contributed by atoms with van der Waals surface area (Å²) < 4.78 is 5.21. The van der Waals surface area contributed by atoms with Crippen molar-refractivity contribution in [2.24, 2.45) is 5.92 Å². The lowest BCUT2D eigenvalue weighted by molar-refractivity contribution is -0.115. The highest BCUT2D eigenvalue weighted by Crippen LogP contribution is 2.36. The van der Waals surface area contributed by atoms with E-state index in [1.807, 2.05) is 24.3 Å². The van der Waals surface area contributed by atoms with E-state index in [2.05, 4.69) is 42.9 Å². The molecule has 3 aromatic rings. The predicted molar refractivity (Wildman–Crippen MR) is 123 cm³/mol. The largest absolute Gasteiger partial charge is 0.497 e. The van der Waals surface area contributed by atoms with Crippen molar-refractivity contribution in [3.63, 3.8) is 0 Å². The van der Waals surface area contributed by atoms with Gasteiger partial charge in [-0.1, -0.05) is 36.8 Å². The van der Waals surface area contributed by atoms with Crippen molar-refractivity contribution in [3.05, 3.63) is 48.0 Å². The summed E-state index contributed by atoms with van der Waals surface area (Å²) in [5.74, 6) is 1.41. The molecule has 1 aliphatic carbocycles. The number of hydrogen-bond donors (Lipinski definition) is 2. The highest BCUT2D eigenvalue weighted by molar-refractivity contribution is 7.19. The maximum Gasteiger partial charge on any atom is 0.230 e. The number of aromatic nitrogens is 5. The van der Waals surface area contributed by atoms with Crippen LogP contribution in [-0.4, -0.2) is 44.4 Å². The maximum atomic E-state index is 12.4. The zero-order valence-corrected chi connectivity index (χ0v) is 19.0. The fraction of sp³-hybridized carbons (Fsp3) is 0.455. The second-order valence-electron chi connectivity index (χ2n) is 8.08. The first-order valence-electron chi connectivity index (χ1n) is 10.8. The Morgan fingerprint density at radius 1 is 1.25 bits per heavy atom. The molecule has 1 aromatic carbocycles. The quantitative estimate of drug-likeness (QED) is 0.531. The Morgan fingerprint density at radius 3 is 2.94 bits per heavy atom. The third-order valence-corrected chi connectivity index (χ3v) is 6.65. The molecule has 9 nitrogen and oxygen atoms in total. The third-order valence-electron chi connectivity index (χ3n) is 5.88. The molecule has 1 aliphatic rings. The summed E-state index contributed by atoms with van der Waals surface area (Å²) in [6, 6.07) is 7.78. The minimum absolute atomic E-state index is 0.134. The molecule has 4 rings (SSSR count). The number of carbonyl (C=O) groups excluding carboxylic acids is 1. The van der Waals surface area contributed by atoms with E-state index in [1.54, 1.807) is 13.3 Å². The summed E-state index contributed by atoms with van der Waals surface area (Å²) in [4.78, 5) is 16.5. The third kappa shape index (κ3) is 5.76. The zero-order chi connectivity index (χ0) is 22.3. The van der Waals surface area contributed by atoms with E-state index < -0.39 is 0 Å². The second kappa shape index (κ2) is 10.4. The Labute approximate surface area is 191 Å². The van der Waals surface area contributed by atoms with Crippen molar-refractivity contribution in [1.29, 1.82) is 0 Å². The monoisotopic (exact) mass is 453 g/mol. The van der Waals surface area contributed by atoms with E-state index in [9.17, 15) is 4.79 Å². The average Bonchev–Trinajstić information content (AvgIpc) is 3.25. The molecule has 1 amide bonds. The summed E-state index contributed by atoms with van der Waals surface area (Å²) in [6.07, 6.45) is 7.93. The summed E-state index contributed by atoms with van der Waals surface area (Å²) >= 11 is 1.36. The molecule has 1 saturated carbocycles. The number of hydrogen-bond acceptors (Lipinski definition) is 9. The number of benzene rings is 1. The number of ether oxygens (including phenoxy) is 1. The molecule has 10 heteroatoms. The van der Waals surface area contributed by atoms with Gasteiger partial charge in [0, 0.05) is 12.0 Å². The number of nitrogens with one attached hydrogen (secondary N) is 2. The van der Waals surface area contributed by atoms with Crippen LogP contribution in [0.3, 0.4) is 0 Å². The summed E-state index contributed by atoms with van der Waals surface area (Å²) in [5.41, 5.74) is 1.82. The van der Waals surface area contributed by atoms with Gasteiger partial charge in [0.2, 0.25) is 16.2 Å². The van der Waals surface area contributed by atoms with Crippen LogP contribution in [0.25, 0.3) is 0 Å². The minimum atomic E-state index is -0.134. The summed E-state index contributed by atoms with van der Waals surface area (Å²) in [7, 11) is 1.61. The van der Waals surface area contributed by atoms with Crippen molar-refractivity contribution in [1.82, 2.24) is 25.4 Å². The Balaban J connectivity index is 1.30. The van der Waals surface area contributed by atoms with Crippen LogP contribution in [-0.2, 0) is 11.2 Å². The Morgan fingerprint density at radius 2 is 2.12 bits per heavy atom. The first-order chi connectivity index (χ1) is 15.6. The average molecular weight is 454 g/mol. The Hall–Kier alpha value is -3.14. The Bertz CT molecular complexity index is 1030. The highest BCUT2D eigenvalue weighted by atomic mass is 32.1. The molecule has 0 spiro atoms. The number of nitrogens with zero attached hydrogens (tertiary/aromatic N) is 5. The smallest absolute Gasteiger partial charge is 0.230 e. The van der Waals surface area contributed by atoms with Gasteiger partial charge in [-0.3, -0.25) is 4.79 Å². The molecule has 2 heterocycles. The zero-order valence-electron chi connectivity index (χ0n) is 18.2. The predicted octanol–water partition coefficient (Wildman–Crippen LogP) is 3.69. The molecule has 0 saturated heterocycles. The molecule has 1 fully saturated rings. The van der Waals surface area contributed by atoms with E-state index in [0.29, 0.717) is 23.0 Å². The van der Waals surface area contributed by atoms with E-state index in [0.717, 1.165) is 47.8 Å². The van der Waals surface area contributed by atoms with Crippen LogP contribution in [0.1, 0.15) is 49.8 Å². The lowest BCUT2D eigenvalue weighted by Gasteiger charge is -2.32. The van der Waals surface area contributed by atoms with Crippen LogP contribution >= 0.6 is 11.3 Å². The van der Waals surface area contributed by atoms with Gasteiger partial charge < -0.3 is 15.4 Å². The van der Waals surface area contributed by atoms with Gasteiger partial charge in [-0.2, -0.15) is 5.10 Å². The Kier molecular flexibility index (Phi) is 7.21. The fourth-order valence-corrected chi connectivity index (χ4v) is 4.90. The van der Waals surface area contributed by atoms with Gasteiger partial charge >= 0.3 is 0 Å². The number of amides is 1. The van der Waals surface area contributed by atoms with Crippen molar-refractivity contribution in [3.8, 4) is 5.75 Å². The topological polar surface area (TPSA) is 115 Å².